The molecule has 0 spiro atoms. The lowest BCUT2D eigenvalue weighted by molar-refractivity contribution is 0.469. The maximum Gasteiger partial charge on any atom is 0.0192 e. The van der Waals surface area contributed by atoms with E-state index < -0.39 is 0 Å². The fourth-order valence-corrected chi connectivity index (χ4v) is 1.58. The van der Waals surface area contributed by atoms with Crippen LogP contribution in [0.4, 0.5) is 0 Å². The molecule has 0 amide bonds. The van der Waals surface area contributed by atoms with Gasteiger partial charge in [0.05, 0.1) is 0 Å². The third-order valence-electron chi connectivity index (χ3n) is 1.77. The van der Waals surface area contributed by atoms with Gasteiger partial charge in [-0.1, -0.05) is 6.30 Å². The van der Waals surface area contributed by atoms with E-state index in [1.165, 1.54) is 0 Å². The highest BCUT2D eigenvalue weighted by Gasteiger charge is 2.01. The second-order valence-corrected chi connectivity index (χ2v) is 3.44. The first-order valence-electron chi connectivity index (χ1n) is 4.06. The van der Waals surface area contributed by atoms with Crippen molar-refractivity contribution in [1.29, 1.82) is 0 Å². The molecule has 0 bridgehead atoms. The normalized spacial score (nSPS) is 24.0. The Balaban J connectivity index is 2.24. The molecule has 4 heteroatoms. The first kappa shape index (κ1) is 9.14. The molecule has 11 heavy (non-hydrogen) atoms. The van der Waals surface area contributed by atoms with Crippen molar-refractivity contribution in [2.75, 3.05) is 39.3 Å². The van der Waals surface area contributed by atoms with Gasteiger partial charge in [-0.05, 0) is 8.35 Å². The number of rotatable bonds is 1. The monoisotopic (exact) mass is 173 g/mol. The van der Waals surface area contributed by atoms with Crippen molar-refractivity contribution in [3.8, 4) is 0 Å². The maximum atomic E-state index is 3.85. The molecule has 0 aromatic rings. The van der Waals surface area contributed by atoms with Crippen LogP contribution in [0.2, 0.25) is 0 Å². The summed E-state index contributed by atoms with van der Waals surface area (Å²) in [4.78, 5) is 0. The smallest absolute Gasteiger partial charge is 0.0192 e. The van der Waals surface area contributed by atoms with Crippen molar-refractivity contribution in [3.63, 3.8) is 0 Å². The average molecular weight is 173 g/mol. The van der Waals surface area contributed by atoms with Gasteiger partial charge in [0.25, 0.3) is 0 Å². The van der Waals surface area contributed by atoms with Crippen molar-refractivity contribution < 1.29 is 0 Å². The molecule has 1 rings (SSSR count). The zero-order valence-electron chi connectivity index (χ0n) is 6.84. The van der Waals surface area contributed by atoms with Crippen LogP contribution in [0.1, 0.15) is 0 Å². The van der Waals surface area contributed by atoms with E-state index in [0.717, 1.165) is 47.6 Å². The zero-order valence-corrected chi connectivity index (χ0v) is 7.74. The van der Waals surface area contributed by atoms with Crippen LogP contribution in [-0.2, 0) is 0 Å². The molecule has 0 aliphatic carbocycles. The van der Waals surface area contributed by atoms with E-state index in [4.69, 9.17) is 0 Å². The summed E-state index contributed by atoms with van der Waals surface area (Å²) < 4.78 is 2.32. The fourth-order valence-electron chi connectivity index (χ4n) is 1.10. The Morgan fingerprint density at radius 3 is 2.00 bits per heavy atom. The Bertz CT molecular complexity index is 108. The highest BCUT2D eigenvalue weighted by Crippen LogP contribution is 2.01. The van der Waals surface area contributed by atoms with Gasteiger partial charge >= 0.3 is 0 Å². The van der Waals surface area contributed by atoms with Crippen LogP contribution in [0.3, 0.4) is 0 Å². The summed E-state index contributed by atoms with van der Waals surface area (Å²) in [6.07, 6.45) is 3.85. The van der Waals surface area contributed by atoms with E-state index in [9.17, 15) is 0 Å². The molecule has 2 N–H and O–H groups in total. The van der Waals surface area contributed by atoms with Crippen molar-refractivity contribution in [3.05, 3.63) is 0 Å². The van der Waals surface area contributed by atoms with Crippen LogP contribution in [-0.4, -0.2) is 50.2 Å². The highest BCUT2D eigenvalue weighted by molar-refractivity contribution is 7.33. The lowest BCUT2D eigenvalue weighted by Crippen LogP contribution is -2.27. The highest BCUT2D eigenvalue weighted by atomic mass is 31.1. The van der Waals surface area contributed by atoms with Crippen LogP contribution in [0, 0.1) is 0 Å². The summed E-state index contributed by atoms with van der Waals surface area (Å²) in [6, 6.07) is 0. The van der Waals surface area contributed by atoms with Crippen molar-refractivity contribution in [2.24, 2.45) is 0 Å². The molecule has 0 aromatic heterocycles. The predicted molar refractivity (Wildman–Crippen MR) is 51.4 cm³/mol. The van der Waals surface area contributed by atoms with Gasteiger partial charge in [0.2, 0.25) is 0 Å². The van der Waals surface area contributed by atoms with Crippen LogP contribution in [0.5, 0.6) is 0 Å². The van der Waals surface area contributed by atoms with Crippen molar-refractivity contribution in [1.82, 2.24) is 15.3 Å². The summed E-state index contributed by atoms with van der Waals surface area (Å²) in [5.74, 6) is 0. The fraction of sp³-hybridized carbons (Fsp3) is 0.857. The molecule has 1 heterocycles. The minimum Gasteiger partial charge on any atom is -0.314 e. The molecule has 0 radical (unpaired) electrons. The summed E-state index contributed by atoms with van der Waals surface area (Å²) in [6.45, 7) is 6.58. The number of nitrogens with zero attached hydrogens (tertiary/aromatic N) is 1. The number of hydrogen-bond donors (Lipinski definition) is 2. The van der Waals surface area contributed by atoms with E-state index in [1.54, 1.807) is 0 Å². The molecule has 0 unspecified atom stereocenters. The molecule has 1 aliphatic rings. The van der Waals surface area contributed by atoms with E-state index >= 15 is 0 Å². The minimum atomic E-state index is 1.09. The Morgan fingerprint density at radius 1 is 1.00 bits per heavy atom. The van der Waals surface area contributed by atoms with Crippen LogP contribution in [0.25, 0.3) is 0 Å². The quantitative estimate of drug-likeness (QED) is 0.537. The Morgan fingerprint density at radius 2 is 1.55 bits per heavy atom. The Labute approximate surface area is 70.0 Å². The largest absolute Gasteiger partial charge is 0.314 e. The average Bonchev–Trinajstić information content (AvgIpc) is 2.16. The first-order chi connectivity index (χ1) is 5.43. The lowest BCUT2D eigenvalue weighted by atomic mass is 10.5. The van der Waals surface area contributed by atoms with Gasteiger partial charge in [-0.3, -0.25) is 4.67 Å². The lowest BCUT2D eigenvalue weighted by Gasteiger charge is -2.14. The third kappa shape index (κ3) is 3.82. The van der Waals surface area contributed by atoms with Crippen molar-refractivity contribution in [2.45, 2.75) is 0 Å². The molecule has 0 saturated carbocycles. The van der Waals surface area contributed by atoms with E-state index in [-0.39, 0.29) is 0 Å². The van der Waals surface area contributed by atoms with Gasteiger partial charge < -0.3 is 10.6 Å². The minimum absolute atomic E-state index is 1.09. The molecular formula is C7H16N3P. The van der Waals surface area contributed by atoms with E-state index in [0.29, 0.717) is 0 Å². The summed E-state index contributed by atoms with van der Waals surface area (Å²) in [7, 11) is 1.14. The topological polar surface area (TPSA) is 27.3 Å². The van der Waals surface area contributed by atoms with Gasteiger partial charge in [0.1, 0.15) is 0 Å². The molecule has 1 fully saturated rings. The second kappa shape index (κ2) is 5.67. The van der Waals surface area contributed by atoms with Gasteiger partial charge in [-0.2, -0.15) is 0 Å². The molecule has 1 aliphatic heterocycles. The molecule has 64 valence electrons. The Hall–Kier alpha value is 0.0500. The van der Waals surface area contributed by atoms with Crippen LogP contribution in [0.15, 0.2) is 0 Å². The maximum absolute atomic E-state index is 3.85. The summed E-state index contributed by atoms with van der Waals surface area (Å²) in [5, 5.41) is 6.71. The first-order valence-corrected chi connectivity index (χ1v) is 5.10. The van der Waals surface area contributed by atoms with Gasteiger partial charge in [0, 0.05) is 39.3 Å². The number of nitrogens with one attached hydrogen (secondary N) is 2. The molecular weight excluding hydrogens is 157 g/mol. The van der Waals surface area contributed by atoms with Crippen LogP contribution >= 0.6 is 8.35 Å². The Kier molecular flexibility index (Phi) is 4.71. The van der Waals surface area contributed by atoms with E-state index in [1.807, 2.05) is 0 Å². The van der Waals surface area contributed by atoms with E-state index in [2.05, 4.69) is 21.6 Å². The zero-order chi connectivity index (χ0) is 7.94. The van der Waals surface area contributed by atoms with Crippen molar-refractivity contribution >= 4 is 14.7 Å². The number of hydrogen-bond acceptors (Lipinski definition) is 3. The molecule has 1 saturated heterocycles. The van der Waals surface area contributed by atoms with Crippen LogP contribution < -0.4 is 10.6 Å². The standard InChI is InChI=1S/C7H16N3P/c1-11-10-6-4-8-2-3-9-5-7-10/h8-9H,1-7H2. The third-order valence-corrected chi connectivity index (χ3v) is 2.57. The van der Waals surface area contributed by atoms with Gasteiger partial charge in [0.15, 0.2) is 0 Å². The predicted octanol–water partition coefficient (Wildman–Crippen LogP) is -0.226. The van der Waals surface area contributed by atoms with Gasteiger partial charge in [-0.15, -0.1) is 0 Å². The molecule has 0 aromatic carbocycles. The molecule has 0 atom stereocenters. The SMILES string of the molecule is C=PN1CCNCCNCC1. The second-order valence-electron chi connectivity index (χ2n) is 2.60. The summed E-state index contributed by atoms with van der Waals surface area (Å²) in [5.41, 5.74) is 0. The summed E-state index contributed by atoms with van der Waals surface area (Å²) >= 11 is 0. The van der Waals surface area contributed by atoms with Gasteiger partial charge in [-0.25, -0.2) is 0 Å². The molecule has 3 nitrogen and oxygen atoms in total.